The molecule has 184 valence electrons. The molecule has 0 saturated heterocycles. The van der Waals surface area contributed by atoms with Gasteiger partial charge in [0.25, 0.3) is 0 Å². The number of rotatable bonds is 7. The molecule has 2 heterocycles. The Bertz CT molecular complexity index is 1540. The standard InChI is InChI=1S/C28H25F2N3O2S/c1-28(2,34)26-23(13-16-7-5-4-6-8-16)32-27(33-26)19-14-17(9-10-20(19)29)35-24-21(30)15-22-18(11-12-31-22)25(24)36-3/h4-12,14-15,31,34H,13H2,1-3H3,(H,32,33). The minimum atomic E-state index is -1.24. The Labute approximate surface area is 211 Å². The molecule has 3 aromatic carbocycles. The SMILES string of the molecule is CSc1c(Oc2ccc(F)c(-c3nc(C(C)(C)O)c(Cc4ccccc4)[nH]3)c2)c(F)cc2[nH]ccc12. The third-order valence-electron chi connectivity index (χ3n) is 5.92. The summed E-state index contributed by atoms with van der Waals surface area (Å²) >= 11 is 1.37. The van der Waals surface area contributed by atoms with Gasteiger partial charge in [0.2, 0.25) is 0 Å². The number of ether oxygens (including phenoxy) is 1. The van der Waals surface area contributed by atoms with Crippen LogP contribution < -0.4 is 4.74 Å². The van der Waals surface area contributed by atoms with E-state index in [9.17, 15) is 13.9 Å². The Morgan fingerprint density at radius 2 is 1.81 bits per heavy atom. The second-order valence-corrected chi connectivity index (χ2v) is 9.85. The zero-order valence-electron chi connectivity index (χ0n) is 20.0. The monoisotopic (exact) mass is 505 g/mol. The average Bonchev–Trinajstić information content (AvgIpc) is 3.48. The Kier molecular flexibility index (Phi) is 6.32. The molecule has 0 aliphatic rings. The predicted octanol–water partition coefficient (Wildman–Crippen LogP) is 7.17. The van der Waals surface area contributed by atoms with Gasteiger partial charge < -0.3 is 19.8 Å². The third kappa shape index (κ3) is 4.62. The Balaban J connectivity index is 1.55. The minimum Gasteiger partial charge on any atom is -0.453 e. The van der Waals surface area contributed by atoms with Crippen LogP contribution in [-0.4, -0.2) is 26.3 Å². The van der Waals surface area contributed by atoms with Crippen molar-refractivity contribution in [1.82, 2.24) is 15.0 Å². The first-order valence-corrected chi connectivity index (χ1v) is 12.6. The van der Waals surface area contributed by atoms with Gasteiger partial charge in [0, 0.05) is 35.3 Å². The van der Waals surface area contributed by atoms with Gasteiger partial charge >= 0.3 is 0 Å². The van der Waals surface area contributed by atoms with E-state index in [4.69, 9.17) is 4.74 Å². The summed E-state index contributed by atoms with van der Waals surface area (Å²) in [6.07, 6.45) is 4.08. The summed E-state index contributed by atoms with van der Waals surface area (Å²) in [6.45, 7) is 3.28. The lowest BCUT2D eigenvalue weighted by atomic mass is 10.00. The number of fused-ring (bicyclic) bond motifs is 1. The lowest BCUT2D eigenvalue weighted by molar-refractivity contribution is 0.0734. The molecule has 8 heteroatoms. The van der Waals surface area contributed by atoms with E-state index in [2.05, 4.69) is 15.0 Å². The van der Waals surface area contributed by atoms with E-state index in [0.29, 0.717) is 28.2 Å². The number of aromatic amines is 2. The maximum Gasteiger partial charge on any atom is 0.177 e. The number of aliphatic hydroxyl groups is 1. The predicted molar refractivity (Wildman–Crippen MR) is 139 cm³/mol. The smallest absolute Gasteiger partial charge is 0.177 e. The van der Waals surface area contributed by atoms with E-state index in [0.717, 1.165) is 10.9 Å². The number of benzene rings is 3. The first kappa shape index (κ1) is 24.1. The van der Waals surface area contributed by atoms with Crippen LogP contribution in [0.25, 0.3) is 22.3 Å². The molecule has 0 aliphatic heterocycles. The van der Waals surface area contributed by atoms with Crippen LogP contribution in [0.1, 0.15) is 30.8 Å². The summed E-state index contributed by atoms with van der Waals surface area (Å²) in [5.74, 6) is -0.438. The maximum atomic E-state index is 15.0. The quantitative estimate of drug-likeness (QED) is 0.205. The molecule has 0 spiro atoms. The van der Waals surface area contributed by atoms with E-state index in [1.54, 1.807) is 20.0 Å². The fourth-order valence-electron chi connectivity index (χ4n) is 4.26. The highest BCUT2D eigenvalue weighted by molar-refractivity contribution is 7.99. The number of halogens is 2. The van der Waals surface area contributed by atoms with Crippen LogP contribution in [0, 0.1) is 11.6 Å². The number of nitrogens with one attached hydrogen (secondary N) is 2. The molecule has 0 bridgehead atoms. The second kappa shape index (κ2) is 9.44. The largest absolute Gasteiger partial charge is 0.453 e. The molecular weight excluding hydrogens is 480 g/mol. The summed E-state index contributed by atoms with van der Waals surface area (Å²) in [5, 5.41) is 11.6. The number of hydrogen-bond donors (Lipinski definition) is 3. The zero-order valence-corrected chi connectivity index (χ0v) is 20.8. The first-order valence-electron chi connectivity index (χ1n) is 11.4. The van der Waals surface area contributed by atoms with Gasteiger partial charge in [-0.15, -0.1) is 11.8 Å². The van der Waals surface area contributed by atoms with Crippen molar-refractivity contribution in [3.8, 4) is 22.9 Å². The van der Waals surface area contributed by atoms with E-state index in [-0.39, 0.29) is 22.9 Å². The van der Waals surface area contributed by atoms with Gasteiger partial charge in [0.15, 0.2) is 11.6 Å². The van der Waals surface area contributed by atoms with Gasteiger partial charge in [0.1, 0.15) is 23.0 Å². The summed E-state index contributed by atoms with van der Waals surface area (Å²) in [6, 6.07) is 17.2. The molecule has 0 radical (unpaired) electrons. The van der Waals surface area contributed by atoms with Crippen LogP contribution in [0.4, 0.5) is 8.78 Å². The number of aromatic nitrogens is 3. The van der Waals surface area contributed by atoms with Crippen molar-refractivity contribution >= 4 is 22.7 Å². The topological polar surface area (TPSA) is 73.9 Å². The Morgan fingerprint density at radius 3 is 2.53 bits per heavy atom. The van der Waals surface area contributed by atoms with Gasteiger partial charge in [-0.25, -0.2) is 13.8 Å². The van der Waals surface area contributed by atoms with Crippen molar-refractivity contribution in [2.75, 3.05) is 6.26 Å². The molecule has 0 amide bonds. The van der Waals surface area contributed by atoms with E-state index >= 15 is 0 Å². The number of thioether (sulfide) groups is 1. The number of H-pyrrole nitrogens is 2. The van der Waals surface area contributed by atoms with Gasteiger partial charge in [-0.05, 0) is 49.9 Å². The molecule has 2 aromatic heterocycles. The number of hydrogen-bond acceptors (Lipinski definition) is 4. The van der Waals surface area contributed by atoms with Crippen LogP contribution in [-0.2, 0) is 12.0 Å². The van der Waals surface area contributed by atoms with E-state index in [1.807, 2.05) is 42.7 Å². The molecule has 5 nitrogen and oxygen atoms in total. The average molecular weight is 506 g/mol. The number of nitrogens with zero attached hydrogens (tertiary/aromatic N) is 1. The second-order valence-electron chi connectivity index (χ2n) is 9.04. The van der Waals surface area contributed by atoms with Gasteiger partial charge in [-0.2, -0.15) is 0 Å². The molecule has 5 rings (SSSR count). The van der Waals surface area contributed by atoms with Crippen LogP contribution in [0.15, 0.2) is 71.8 Å². The van der Waals surface area contributed by atoms with E-state index < -0.39 is 17.2 Å². The third-order valence-corrected chi connectivity index (χ3v) is 6.73. The molecule has 0 saturated carbocycles. The van der Waals surface area contributed by atoms with Gasteiger partial charge in [-0.3, -0.25) is 0 Å². The van der Waals surface area contributed by atoms with Crippen molar-refractivity contribution < 1.29 is 18.6 Å². The van der Waals surface area contributed by atoms with Crippen LogP contribution in [0.2, 0.25) is 0 Å². The van der Waals surface area contributed by atoms with Crippen molar-refractivity contribution in [1.29, 1.82) is 0 Å². The van der Waals surface area contributed by atoms with Crippen molar-refractivity contribution in [2.24, 2.45) is 0 Å². The lowest BCUT2D eigenvalue weighted by Gasteiger charge is -2.16. The highest BCUT2D eigenvalue weighted by atomic mass is 32.2. The highest BCUT2D eigenvalue weighted by Gasteiger charge is 2.26. The van der Waals surface area contributed by atoms with Crippen molar-refractivity contribution in [3.05, 3.63) is 95.4 Å². The molecule has 36 heavy (non-hydrogen) atoms. The molecule has 0 aliphatic carbocycles. The summed E-state index contributed by atoms with van der Waals surface area (Å²) < 4.78 is 35.9. The van der Waals surface area contributed by atoms with Gasteiger partial charge in [-0.1, -0.05) is 30.3 Å². The zero-order chi connectivity index (χ0) is 25.4. The molecule has 0 atom stereocenters. The van der Waals surface area contributed by atoms with E-state index in [1.165, 1.54) is 36.0 Å². The molecule has 0 unspecified atom stereocenters. The van der Waals surface area contributed by atoms with Crippen LogP contribution >= 0.6 is 11.8 Å². The molecule has 0 fully saturated rings. The maximum absolute atomic E-state index is 15.0. The van der Waals surface area contributed by atoms with Crippen molar-refractivity contribution in [2.45, 2.75) is 30.8 Å². The fraction of sp³-hybridized carbons (Fsp3) is 0.179. The molecular formula is C28H25F2N3O2S. The highest BCUT2D eigenvalue weighted by Crippen LogP contribution is 2.40. The number of imidazole rings is 1. The van der Waals surface area contributed by atoms with Crippen LogP contribution in [0.3, 0.4) is 0 Å². The minimum absolute atomic E-state index is 0.0774. The normalized spacial score (nSPS) is 11.8. The Hall–Kier alpha value is -3.62. The van der Waals surface area contributed by atoms with Crippen molar-refractivity contribution in [3.63, 3.8) is 0 Å². The summed E-state index contributed by atoms with van der Waals surface area (Å²) in [4.78, 5) is 11.4. The fourth-order valence-corrected chi connectivity index (χ4v) is 4.98. The summed E-state index contributed by atoms with van der Waals surface area (Å²) in [5.41, 5.74) is 1.72. The molecule has 5 aromatic rings. The van der Waals surface area contributed by atoms with Crippen LogP contribution in [0.5, 0.6) is 11.5 Å². The first-order chi connectivity index (χ1) is 17.2. The summed E-state index contributed by atoms with van der Waals surface area (Å²) in [7, 11) is 0. The Morgan fingerprint density at radius 1 is 1.03 bits per heavy atom. The van der Waals surface area contributed by atoms with Gasteiger partial charge in [0.05, 0.1) is 16.2 Å². The lowest BCUT2D eigenvalue weighted by Crippen LogP contribution is -2.18. The molecule has 3 N–H and O–H groups in total.